The Bertz CT molecular complexity index is 296. The first-order valence-electron chi connectivity index (χ1n) is 7.74. The zero-order chi connectivity index (χ0) is 13.7. The standard InChI is InChI=1S/C15H28N2O2/c1-19-10-14(9-16)17-15(18)13-7-6-11-4-2-3-5-12(11)8-13/h11-14H,2-10,16H2,1H3,(H,17,18). The molecule has 4 heteroatoms. The van der Waals surface area contributed by atoms with E-state index in [9.17, 15) is 4.79 Å². The minimum atomic E-state index is -0.0402. The van der Waals surface area contributed by atoms with Gasteiger partial charge in [-0.3, -0.25) is 4.79 Å². The number of carbonyl (C=O) groups is 1. The molecule has 4 unspecified atom stereocenters. The summed E-state index contributed by atoms with van der Waals surface area (Å²) in [5, 5.41) is 3.04. The fourth-order valence-electron chi connectivity index (χ4n) is 3.80. The largest absolute Gasteiger partial charge is 0.383 e. The Hall–Kier alpha value is -0.610. The number of methoxy groups -OCH3 is 1. The number of carbonyl (C=O) groups excluding carboxylic acids is 1. The molecule has 19 heavy (non-hydrogen) atoms. The fraction of sp³-hybridized carbons (Fsp3) is 0.933. The average Bonchev–Trinajstić information content (AvgIpc) is 2.46. The highest BCUT2D eigenvalue weighted by molar-refractivity contribution is 5.79. The summed E-state index contributed by atoms with van der Waals surface area (Å²) in [5.74, 6) is 2.07. The van der Waals surface area contributed by atoms with Crippen molar-refractivity contribution in [3.05, 3.63) is 0 Å². The molecule has 0 aliphatic heterocycles. The van der Waals surface area contributed by atoms with E-state index in [-0.39, 0.29) is 17.9 Å². The van der Waals surface area contributed by atoms with Crippen LogP contribution in [-0.4, -0.2) is 32.2 Å². The van der Waals surface area contributed by atoms with E-state index in [0.29, 0.717) is 13.2 Å². The van der Waals surface area contributed by atoms with Gasteiger partial charge in [0.2, 0.25) is 5.91 Å². The van der Waals surface area contributed by atoms with E-state index in [1.54, 1.807) is 7.11 Å². The molecule has 2 fully saturated rings. The first-order valence-corrected chi connectivity index (χ1v) is 7.74. The molecular weight excluding hydrogens is 240 g/mol. The number of rotatable bonds is 5. The van der Waals surface area contributed by atoms with Crippen molar-refractivity contribution in [1.82, 2.24) is 5.32 Å². The van der Waals surface area contributed by atoms with Crippen LogP contribution in [0, 0.1) is 17.8 Å². The van der Waals surface area contributed by atoms with Crippen LogP contribution in [0.3, 0.4) is 0 Å². The molecule has 0 saturated heterocycles. The average molecular weight is 268 g/mol. The molecule has 0 aromatic heterocycles. The van der Waals surface area contributed by atoms with Crippen molar-refractivity contribution in [2.75, 3.05) is 20.3 Å². The number of nitrogens with one attached hydrogen (secondary N) is 1. The van der Waals surface area contributed by atoms with Crippen LogP contribution in [0.5, 0.6) is 0 Å². The van der Waals surface area contributed by atoms with Gasteiger partial charge in [-0.1, -0.05) is 25.7 Å². The molecule has 0 heterocycles. The quantitative estimate of drug-likeness (QED) is 0.797. The van der Waals surface area contributed by atoms with Gasteiger partial charge in [0.05, 0.1) is 12.6 Å². The van der Waals surface area contributed by atoms with E-state index in [4.69, 9.17) is 10.5 Å². The second kappa shape index (κ2) is 7.25. The van der Waals surface area contributed by atoms with Crippen LogP contribution in [0.2, 0.25) is 0 Å². The SMILES string of the molecule is COCC(CN)NC(=O)C1CCC2CCCCC2C1. The lowest BCUT2D eigenvalue weighted by atomic mass is 9.67. The highest BCUT2D eigenvalue weighted by atomic mass is 16.5. The van der Waals surface area contributed by atoms with Gasteiger partial charge in [0.15, 0.2) is 0 Å². The normalized spacial score (nSPS) is 32.4. The van der Waals surface area contributed by atoms with Crippen LogP contribution in [0.25, 0.3) is 0 Å². The van der Waals surface area contributed by atoms with Gasteiger partial charge in [-0.15, -0.1) is 0 Å². The lowest BCUT2D eigenvalue weighted by molar-refractivity contribution is -0.128. The van der Waals surface area contributed by atoms with Crippen molar-refractivity contribution in [2.24, 2.45) is 23.5 Å². The summed E-state index contributed by atoms with van der Waals surface area (Å²) in [5.41, 5.74) is 5.65. The maximum Gasteiger partial charge on any atom is 0.223 e. The smallest absolute Gasteiger partial charge is 0.223 e. The van der Waals surface area contributed by atoms with Gasteiger partial charge in [0, 0.05) is 19.6 Å². The minimum absolute atomic E-state index is 0.0402. The predicted molar refractivity (Wildman–Crippen MR) is 75.7 cm³/mol. The highest BCUT2D eigenvalue weighted by Gasteiger charge is 2.35. The van der Waals surface area contributed by atoms with Crippen LogP contribution in [0.15, 0.2) is 0 Å². The Morgan fingerprint density at radius 1 is 1.26 bits per heavy atom. The predicted octanol–water partition coefficient (Wildman–Crippen LogP) is 1.68. The monoisotopic (exact) mass is 268 g/mol. The second-order valence-electron chi connectivity index (χ2n) is 6.21. The molecule has 0 radical (unpaired) electrons. The molecule has 4 atom stereocenters. The summed E-state index contributed by atoms with van der Waals surface area (Å²) < 4.78 is 5.07. The molecule has 4 nitrogen and oxygen atoms in total. The molecule has 110 valence electrons. The van der Waals surface area contributed by atoms with E-state index < -0.39 is 0 Å². The van der Waals surface area contributed by atoms with E-state index in [0.717, 1.165) is 24.7 Å². The molecule has 2 aliphatic carbocycles. The zero-order valence-electron chi connectivity index (χ0n) is 12.1. The van der Waals surface area contributed by atoms with Gasteiger partial charge in [-0.25, -0.2) is 0 Å². The van der Waals surface area contributed by atoms with Crippen LogP contribution in [-0.2, 0) is 9.53 Å². The van der Waals surface area contributed by atoms with E-state index >= 15 is 0 Å². The zero-order valence-corrected chi connectivity index (χ0v) is 12.1. The van der Waals surface area contributed by atoms with Gasteiger partial charge >= 0.3 is 0 Å². The van der Waals surface area contributed by atoms with Crippen LogP contribution in [0.4, 0.5) is 0 Å². The Balaban J connectivity index is 1.82. The second-order valence-corrected chi connectivity index (χ2v) is 6.21. The van der Waals surface area contributed by atoms with E-state index in [1.165, 1.54) is 32.1 Å². The summed E-state index contributed by atoms with van der Waals surface area (Å²) in [6.45, 7) is 0.944. The Labute approximate surface area is 116 Å². The van der Waals surface area contributed by atoms with Gasteiger partial charge < -0.3 is 15.8 Å². The molecule has 2 saturated carbocycles. The Morgan fingerprint density at radius 3 is 2.68 bits per heavy atom. The Kier molecular flexibility index (Phi) is 5.64. The number of ether oxygens (including phenoxy) is 1. The van der Waals surface area contributed by atoms with E-state index in [1.807, 2.05) is 0 Å². The van der Waals surface area contributed by atoms with Crippen molar-refractivity contribution in [1.29, 1.82) is 0 Å². The van der Waals surface area contributed by atoms with Gasteiger partial charge in [-0.05, 0) is 31.1 Å². The molecule has 0 aromatic rings. The van der Waals surface area contributed by atoms with Crippen molar-refractivity contribution in [3.8, 4) is 0 Å². The van der Waals surface area contributed by atoms with Gasteiger partial charge in [0.1, 0.15) is 0 Å². The summed E-state index contributed by atoms with van der Waals surface area (Å²) in [4.78, 5) is 12.3. The highest BCUT2D eigenvalue weighted by Crippen LogP contribution is 2.42. The molecule has 3 N–H and O–H groups in total. The maximum absolute atomic E-state index is 12.3. The fourth-order valence-corrected chi connectivity index (χ4v) is 3.80. The maximum atomic E-state index is 12.3. The number of amides is 1. The topological polar surface area (TPSA) is 64.3 Å². The summed E-state index contributed by atoms with van der Waals surface area (Å²) >= 11 is 0. The molecule has 2 aliphatic rings. The molecule has 2 rings (SSSR count). The molecule has 0 bridgehead atoms. The molecule has 0 spiro atoms. The lowest BCUT2D eigenvalue weighted by Crippen LogP contribution is -2.47. The first-order chi connectivity index (χ1) is 9.24. The minimum Gasteiger partial charge on any atom is -0.383 e. The van der Waals surface area contributed by atoms with Crippen LogP contribution >= 0.6 is 0 Å². The van der Waals surface area contributed by atoms with Crippen LogP contribution in [0.1, 0.15) is 44.9 Å². The number of fused-ring (bicyclic) bond motifs is 1. The van der Waals surface area contributed by atoms with Gasteiger partial charge in [0.25, 0.3) is 0 Å². The summed E-state index contributed by atoms with van der Waals surface area (Å²) in [7, 11) is 1.64. The van der Waals surface area contributed by atoms with Crippen molar-refractivity contribution in [3.63, 3.8) is 0 Å². The lowest BCUT2D eigenvalue weighted by Gasteiger charge is -2.39. The third-order valence-corrected chi connectivity index (χ3v) is 4.91. The summed E-state index contributed by atoms with van der Waals surface area (Å²) in [6, 6.07) is -0.0402. The van der Waals surface area contributed by atoms with Crippen LogP contribution < -0.4 is 11.1 Å². The number of hydrogen-bond acceptors (Lipinski definition) is 3. The first kappa shape index (κ1) is 14.8. The molecule has 0 aromatic carbocycles. The molecule has 1 amide bonds. The van der Waals surface area contributed by atoms with Gasteiger partial charge in [-0.2, -0.15) is 0 Å². The van der Waals surface area contributed by atoms with Crippen molar-refractivity contribution >= 4 is 5.91 Å². The van der Waals surface area contributed by atoms with Crippen molar-refractivity contribution in [2.45, 2.75) is 51.0 Å². The summed E-state index contributed by atoms with van der Waals surface area (Å²) in [6.07, 6.45) is 8.82. The van der Waals surface area contributed by atoms with E-state index in [2.05, 4.69) is 5.32 Å². The number of nitrogens with two attached hydrogens (primary N) is 1. The third-order valence-electron chi connectivity index (χ3n) is 4.91. The number of hydrogen-bond donors (Lipinski definition) is 2. The van der Waals surface area contributed by atoms with Crippen molar-refractivity contribution < 1.29 is 9.53 Å². The Morgan fingerprint density at radius 2 is 2.00 bits per heavy atom. The molecular formula is C15H28N2O2. The third kappa shape index (κ3) is 3.93.